The summed E-state index contributed by atoms with van der Waals surface area (Å²) in [5, 5.41) is 2.86. The topological polar surface area (TPSA) is 96.0 Å². The molecule has 9 heteroatoms. The van der Waals surface area contributed by atoms with E-state index in [1.54, 1.807) is 17.0 Å². The Hall–Kier alpha value is -2.75. The van der Waals surface area contributed by atoms with Crippen LogP contribution in [0.1, 0.15) is 28.8 Å². The second-order valence-electron chi connectivity index (χ2n) is 8.29. The molecule has 1 atom stereocenters. The van der Waals surface area contributed by atoms with E-state index < -0.39 is 22.0 Å². The third kappa shape index (κ3) is 5.61. The van der Waals surface area contributed by atoms with Crippen molar-refractivity contribution in [2.75, 3.05) is 39.4 Å². The molecule has 1 unspecified atom stereocenters. The molecule has 2 fully saturated rings. The molecule has 33 heavy (non-hydrogen) atoms. The maximum atomic E-state index is 13.1. The van der Waals surface area contributed by atoms with Crippen LogP contribution < -0.4 is 5.32 Å². The Labute approximate surface area is 194 Å². The van der Waals surface area contributed by atoms with E-state index in [-0.39, 0.29) is 29.5 Å². The van der Waals surface area contributed by atoms with E-state index in [1.165, 1.54) is 16.4 Å². The lowest BCUT2D eigenvalue weighted by Gasteiger charge is -2.26. The first-order chi connectivity index (χ1) is 15.9. The van der Waals surface area contributed by atoms with Crippen LogP contribution in [-0.4, -0.2) is 74.9 Å². The van der Waals surface area contributed by atoms with E-state index in [9.17, 15) is 18.0 Å². The fourth-order valence-electron chi connectivity index (χ4n) is 4.18. The van der Waals surface area contributed by atoms with E-state index in [1.807, 2.05) is 30.3 Å². The zero-order valence-corrected chi connectivity index (χ0v) is 19.3. The van der Waals surface area contributed by atoms with Gasteiger partial charge in [-0.3, -0.25) is 9.59 Å². The van der Waals surface area contributed by atoms with E-state index in [4.69, 9.17) is 4.74 Å². The summed E-state index contributed by atoms with van der Waals surface area (Å²) in [5.41, 5.74) is 1.15. The second kappa shape index (κ2) is 10.5. The van der Waals surface area contributed by atoms with Gasteiger partial charge in [-0.05, 0) is 36.6 Å². The van der Waals surface area contributed by atoms with Gasteiger partial charge in [0.25, 0.3) is 5.91 Å². The van der Waals surface area contributed by atoms with Gasteiger partial charge >= 0.3 is 0 Å². The highest BCUT2D eigenvalue weighted by Crippen LogP contribution is 2.19. The van der Waals surface area contributed by atoms with Crippen LogP contribution in [0.3, 0.4) is 0 Å². The number of carbonyl (C=O) groups excluding carboxylic acids is 2. The molecule has 0 saturated carbocycles. The standard InChI is InChI=1S/C24H29N3O5S/c28-23(20-9-6-10-21(18-20)33(30,31)27-13-15-32-16-14-27)25-22(17-19-7-2-1-3-8-19)24(29)26-11-4-5-12-26/h1-3,6-10,18,22H,4-5,11-17H2,(H,25,28). The first-order valence-electron chi connectivity index (χ1n) is 11.3. The first-order valence-corrected chi connectivity index (χ1v) is 12.7. The van der Waals surface area contributed by atoms with Crippen LogP contribution in [0.25, 0.3) is 0 Å². The number of benzene rings is 2. The number of likely N-dealkylation sites (tertiary alicyclic amines) is 1. The number of morpholine rings is 1. The number of ether oxygens (including phenoxy) is 1. The van der Waals surface area contributed by atoms with Gasteiger partial charge in [-0.25, -0.2) is 8.42 Å². The van der Waals surface area contributed by atoms with Crippen LogP contribution in [0.4, 0.5) is 0 Å². The van der Waals surface area contributed by atoms with Gasteiger partial charge in [0.15, 0.2) is 0 Å². The fourth-order valence-corrected chi connectivity index (χ4v) is 5.64. The van der Waals surface area contributed by atoms with E-state index in [0.717, 1.165) is 18.4 Å². The molecule has 4 rings (SSSR count). The average Bonchev–Trinajstić information content (AvgIpc) is 3.39. The molecule has 2 heterocycles. The lowest BCUT2D eigenvalue weighted by Crippen LogP contribution is -2.49. The molecular formula is C24H29N3O5S. The molecule has 2 aromatic rings. The molecule has 0 aromatic heterocycles. The molecule has 2 aromatic carbocycles. The van der Waals surface area contributed by atoms with Crippen LogP contribution in [0.15, 0.2) is 59.5 Å². The monoisotopic (exact) mass is 471 g/mol. The van der Waals surface area contributed by atoms with E-state index >= 15 is 0 Å². The summed E-state index contributed by atoms with van der Waals surface area (Å²) < 4.78 is 32.6. The Morgan fingerprint density at radius 1 is 0.939 bits per heavy atom. The molecule has 2 saturated heterocycles. The lowest BCUT2D eigenvalue weighted by molar-refractivity contribution is -0.132. The SMILES string of the molecule is O=C(NC(Cc1ccccc1)C(=O)N1CCCC1)c1cccc(S(=O)(=O)N2CCOCC2)c1. The molecule has 176 valence electrons. The van der Waals surface area contributed by atoms with Crippen molar-refractivity contribution in [3.8, 4) is 0 Å². The highest BCUT2D eigenvalue weighted by Gasteiger charge is 2.30. The Morgan fingerprint density at radius 3 is 2.33 bits per heavy atom. The third-order valence-corrected chi connectivity index (χ3v) is 7.90. The molecule has 2 amide bonds. The summed E-state index contributed by atoms with van der Waals surface area (Å²) in [6.45, 7) is 2.63. The van der Waals surface area contributed by atoms with Gasteiger partial charge in [0.2, 0.25) is 15.9 Å². The van der Waals surface area contributed by atoms with Gasteiger partial charge < -0.3 is 15.0 Å². The molecule has 0 radical (unpaired) electrons. The van der Waals surface area contributed by atoms with Crippen molar-refractivity contribution in [2.24, 2.45) is 0 Å². The number of hydrogen-bond acceptors (Lipinski definition) is 5. The number of amides is 2. The Morgan fingerprint density at radius 2 is 1.64 bits per heavy atom. The van der Waals surface area contributed by atoms with Crippen molar-refractivity contribution in [3.63, 3.8) is 0 Å². The molecule has 8 nitrogen and oxygen atoms in total. The zero-order valence-electron chi connectivity index (χ0n) is 18.5. The number of rotatable bonds is 7. The van der Waals surface area contributed by atoms with Gasteiger partial charge in [0.05, 0.1) is 18.1 Å². The molecule has 0 bridgehead atoms. The normalized spacial score (nSPS) is 18.1. The zero-order chi connectivity index (χ0) is 23.3. The number of sulfonamides is 1. The van der Waals surface area contributed by atoms with E-state index in [2.05, 4.69) is 5.32 Å². The van der Waals surface area contributed by atoms with Crippen molar-refractivity contribution in [1.29, 1.82) is 0 Å². The summed E-state index contributed by atoms with van der Waals surface area (Å²) in [6, 6.07) is 14.8. The van der Waals surface area contributed by atoms with Crippen LogP contribution in [0, 0.1) is 0 Å². The van der Waals surface area contributed by atoms with E-state index in [0.29, 0.717) is 32.7 Å². The summed E-state index contributed by atoms with van der Waals surface area (Å²) in [7, 11) is -3.73. The van der Waals surface area contributed by atoms with Gasteiger partial charge in [-0.1, -0.05) is 36.4 Å². The minimum atomic E-state index is -3.73. The highest BCUT2D eigenvalue weighted by molar-refractivity contribution is 7.89. The third-order valence-electron chi connectivity index (χ3n) is 6.01. The number of nitrogens with one attached hydrogen (secondary N) is 1. The van der Waals surface area contributed by atoms with Crippen molar-refractivity contribution in [1.82, 2.24) is 14.5 Å². The number of carbonyl (C=O) groups is 2. The number of hydrogen-bond donors (Lipinski definition) is 1. The predicted molar refractivity (Wildman–Crippen MR) is 123 cm³/mol. The smallest absolute Gasteiger partial charge is 0.251 e. The van der Waals surface area contributed by atoms with Crippen LogP contribution in [0.2, 0.25) is 0 Å². The average molecular weight is 472 g/mol. The van der Waals surface area contributed by atoms with Gasteiger partial charge in [-0.2, -0.15) is 4.31 Å². The summed E-state index contributed by atoms with van der Waals surface area (Å²) in [4.78, 5) is 28.1. The van der Waals surface area contributed by atoms with Crippen LogP contribution in [-0.2, 0) is 26.0 Å². The quantitative estimate of drug-likeness (QED) is 0.663. The Kier molecular flexibility index (Phi) is 7.42. The molecule has 2 aliphatic heterocycles. The van der Waals surface area contributed by atoms with Crippen LogP contribution in [0.5, 0.6) is 0 Å². The summed E-state index contributed by atoms with van der Waals surface area (Å²) in [5.74, 6) is -0.579. The molecule has 2 aliphatic rings. The van der Waals surface area contributed by atoms with Crippen LogP contribution >= 0.6 is 0 Å². The minimum absolute atomic E-state index is 0.0579. The molecule has 0 aliphatic carbocycles. The predicted octanol–water partition coefficient (Wildman–Crippen LogP) is 1.67. The van der Waals surface area contributed by atoms with Crippen molar-refractivity contribution in [2.45, 2.75) is 30.2 Å². The summed E-state index contributed by atoms with van der Waals surface area (Å²) >= 11 is 0. The molecule has 1 N–H and O–H groups in total. The van der Waals surface area contributed by atoms with Crippen molar-refractivity contribution < 1.29 is 22.7 Å². The summed E-state index contributed by atoms with van der Waals surface area (Å²) in [6.07, 6.45) is 2.28. The van der Waals surface area contributed by atoms with Gasteiger partial charge in [-0.15, -0.1) is 0 Å². The second-order valence-corrected chi connectivity index (χ2v) is 10.2. The Balaban J connectivity index is 1.53. The first kappa shape index (κ1) is 23.4. The van der Waals surface area contributed by atoms with Gasteiger partial charge in [0, 0.05) is 38.2 Å². The Bertz CT molecular complexity index is 1080. The minimum Gasteiger partial charge on any atom is -0.379 e. The van der Waals surface area contributed by atoms with Crippen molar-refractivity contribution in [3.05, 3.63) is 65.7 Å². The molecular weight excluding hydrogens is 442 g/mol. The maximum absolute atomic E-state index is 13.1. The number of nitrogens with zero attached hydrogens (tertiary/aromatic N) is 2. The van der Waals surface area contributed by atoms with Crippen molar-refractivity contribution >= 4 is 21.8 Å². The van der Waals surface area contributed by atoms with Gasteiger partial charge in [0.1, 0.15) is 6.04 Å². The lowest BCUT2D eigenvalue weighted by atomic mass is 10.0. The largest absolute Gasteiger partial charge is 0.379 e. The molecule has 0 spiro atoms. The highest BCUT2D eigenvalue weighted by atomic mass is 32.2. The fraction of sp³-hybridized carbons (Fsp3) is 0.417. The maximum Gasteiger partial charge on any atom is 0.251 e.